The average Bonchev–Trinajstić information content (AvgIpc) is 2.82. The summed E-state index contributed by atoms with van der Waals surface area (Å²) in [6, 6.07) is 7.76. The number of allylic oxidation sites excluding steroid dienone is 1. The molecule has 1 heterocycles. The first-order valence-corrected chi connectivity index (χ1v) is 10.9. The number of carbonyl (C=O) groups is 4. The summed E-state index contributed by atoms with van der Waals surface area (Å²) in [5, 5.41) is 8.02. The van der Waals surface area contributed by atoms with Crippen LogP contribution in [-0.4, -0.2) is 44.7 Å². The number of amides is 3. The Balaban J connectivity index is 1.96. The van der Waals surface area contributed by atoms with Gasteiger partial charge in [-0.15, -0.1) is 0 Å². The highest BCUT2D eigenvalue weighted by Gasteiger charge is 2.32. The molecule has 1 unspecified atom stereocenters. The second-order valence-corrected chi connectivity index (χ2v) is 8.05. The van der Waals surface area contributed by atoms with E-state index in [2.05, 4.69) is 20.7 Å². The van der Waals surface area contributed by atoms with Crippen LogP contribution in [0.1, 0.15) is 28.9 Å². The summed E-state index contributed by atoms with van der Waals surface area (Å²) in [4.78, 5) is 49.0. The Hall–Kier alpha value is -3.76. The van der Waals surface area contributed by atoms with Gasteiger partial charge in [-0.25, -0.2) is 14.4 Å². The van der Waals surface area contributed by atoms with Crippen molar-refractivity contribution in [1.82, 2.24) is 10.6 Å². The van der Waals surface area contributed by atoms with Crippen molar-refractivity contribution in [3.8, 4) is 5.75 Å². The van der Waals surface area contributed by atoms with Crippen LogP contribution in [0.5, 0.6) is 5.75 Å². The minimum absolute atomic E-state index is 0.0430. The molecule has 0 saturated carbocycles. The maximum atomic E-state index is 13.3. The zero-order valence-electron chi connectivity index (χ0n) is 18.9. The first-order valence-electron chi connectivity index (χ1n) is 10.1. The Bertz CT molecular complexity index is 1210. The number of hydrogen-bond acceptors (Lipinski definition) is 7. The van der Waals surface area contributed by atoms with E-state index in [0.717, 1.165) is 0 Å². The summed E-state index contributed by atoms with van der Waals surface area (Å²) in [7, 11) is 2.44. The van der Waals surface area contributed by atoms with Crippen LogP contribution in [0, 0.1) is 0 Å². The van der Waals surface area contributed by atoms with Crippen LogP contribution in [0.2, 0.25) is 10.0 Å². The first-order chi connectivity index (χ1) is 16.7. The molecule has 2 aromatic rings. The van der Waals surface area contributed by atoms with Gasteiger partial charge in [0.2, 0.25) is 0 Å². The monoisotopic (exact) mass is 521 g/mol. The van der Waals surface area contributed by atoms with E-state index in [1.807, 2.05) is 0 Å². The second-order valence-electron chi connectivity index (χ2n) is 7.24. The highest BCUT2D eigenvalue weighted by molar-refractivity contribution is 6.37. The van der Waals surface area contributed by atoms with Crippen molar-refractivity contribution in [2.24, 2.45) is 0 Å². The number of nitrogens with one attached hydrogen (secondary N) is 3. The molecular formula is C23H21Cl2N3O7. The number of para-hydroxylation sites is 1. The zero-order chi connectivity index (χ0) is 25.7. The van der Waals surface area contributed by atoms with E-state index < -0.39 is 36.5 Å². The number of anilines is 1. The van der Waals surface area contributed by atoms with Crippen LogP contribution in [-0.2, 0) is 19.1 Å². The number of esters is 2. The highest BCUT2D eigenvalue weighted by Crippen LogP contribution is 2.38. The quantitative estimate of drug-likeness (QED) is 0.474. The lowest BCUT2D eigenvalue weighted by molar-refractivity contribution is -0.142. The Morgan fingerprint density at radius 1 is 1.06 bits per heavy atom. The van der Waals surface area contributed by atoms with E-state index >= 15 is 0 Å². The van der Waals surface area contributed by atoms with Crippen molar-refractivity contribution in [3.63, 3.8) is 0 Å². The molecule has 12 heteroatoms. The molecule has 10 nitrogen and oxygen atoms in total. The van der Waals surface area contributed by atoms with Gasteiger partial charge in [0.25, 0.3) is 5.91 Å². The van der Waals surface area contributed by atoms with Crippen LogP contribution >= 0.6 is 23.2 Å². The van der Waals surface area contributed by atoms with Crippen LogP contribution in [0.25, 0.3) is 0 Å². The molecular weight excluding hydrogens is 501 g/mol. The van der Waals surface area contributed by atoms with Crippen molar-refractivity contribution in [2.45, 2.75) is 13.0 Å². The molecule has 0 bridgehead atoms. The van der Waals surface area contributed by atoms with Crippen LogP contribution in [0.15, 0.2) is 47.7 Å². The molecule has 184 valence electrons. The van der Waals surface area contributed by atoms with Crippen LogP contribution < -0.4 is 20.7 Å². The summed E-state index contributed by atoms with van der Waals surface area (Å²) >= 11 is 12.6. The van der Waals surface area contributed by atoms with Crippen LogP contribution in [0.4, 0.5) is 10.5 Å². The molecule has 2 aromatic carbocycles. The van der Waals surface area contributed by atoms with Gasteiger partial charge in [-0.05, 0) is 36.8 Å². The zero-order valence-corrected chi connectivity index (χ0v) is 20.4. The van der Waals surface area contributed by atoms with Gasteiger partial charge in [0.05, 0.1) is 47.1 Å². The van der Waals surface area contributed by atoms with E-state index in [1.165, 1.54) is 32.4 Å². The molecule has 0 saturated heterocycles. The summed E-state index contributed by atoms with van der Waals surface area (Å²) in [5.74, 6) is -1.80. The SMILES string of the molecule is COC(=O)COc1c(Cl)cc(C2NC(=O)NC(C)=C2C(=O)Nc2ccccc2C(=O)OC)cc1Cl. The fourth-order valence-corrected chi connectivity index (χ4v) is 4.00. The number of benzene rings is 2. The lowest BCUT2D eigenvalue weighted by atomic mass is 9.94. The standard InChI is InChI=1S/C23H21Cl2N3O7/c1-11-18(21(30)27-16-7-5-4-6-13(16)22(31)34-3)19(28-23(32)26-11)12-8-14(24)20(15(25)9-12)35-10-17(29)33-2/h4-9,19H,10H2,1-3H3,(H,27,30)(H2,26,28,32). The topological polar surface area (TPSA) is 132 Å². The molecule has 1 aliphatic rings. The molecule has 1 aliphatic heterocycles. The lowest BCUT2D eigenvalue weighted by Crippen LogP contribution is -2.46. The van der Waals surface area contributed by atoms with Gasteiger partial charge in [-0.2, -0.15) is 0 Å². The predicted octanol–water partition coefficient (Wildman–Crippen LogP) is 3.60. The number of rotatable bonds is 7. The van der Waals surface area contributed by atoms with Gasteiger partial charge in [-0.3, -0.25) is 4.79 Å². The molecule has 0 radical (unpaired) electrons. The smallest absolute Gasteiger partial charge is 0.343 e. The molecule has 35 heavy (non-hydrogen) atoms. The molecule has 1 atom stereocenters. The van der Waals surface area contributed by atoms with Crippen molar-refractivity contribution in [3.05, 3.63) is 68.8 Å². The van der Waals surface area contributed by atoms with Crippen molar-refractivity contribution < 1.29 is 33.4 Å². The molecule has 3 rings (SSSR count). The summed E-state index contributed by atoms with van der Waals surface area (Å²) in [6.07, 6.45) is 0. The minimum Gasteiger partial charge on any atom is -0.479 e. The molecule has 0 fully saturated rings. The fraction of sp³-hybridized carbons (Fsp3) is 0.217. The number of methoxy groups -OCH3 is 2. The first kappa shape index (κ1) is 25.9. The summed E-state index contributed by atoms with van der Waals surface area (Å²) < 4.78 is 14.6. The third-order valence-electron chi connectivity index (χ3n) is 5.01. The average molecular weight is 522 g/mol. The van der Waals surface area contributed by atoms with E-state index in [1.54, 1.807) is 25.1 Å². The highest BCUT2D eigenvalue weighted by atomic mass is 35.5. The van der Waals surface area contributed by atoms with Gasteiger partial charge in [0.15, 0.2) is 12.4 Å². The van der Waals surface area contributed by atoms with E-state index in [4.69, 9.17) is 32.7 Å². The third kappa shape index (κ3) is 5.84. The minimum atomic E-state index is -0.946. The summed E-state index contributed by atoms with van der Waals surface area (Å²) in [6.45, 7) is 1.15. The van der Waals surface area contributed by atoms with E-state index in [-0.39, 0.29) is 38.3 Å². The van der Waals surface area contributed by atoms with Gasteiger partial charge in [-0.1, -0.05) is 35.3 Å². The van der Waals surface area contributed by atoms with Crippen molar-refractivity contribution in [2.75, 3.05) is 26.1 Å². The van der Waals surface area contributed by atoms with Gasteiger partial charge >= 0.3 is 18.0 Å². The van der Waals surface area contributed by atoms with Crippen LogP contribution in [0.3, 0.4) is 0 Å². The number of carbonyl (C=O) groups excluding carboxylic acids is 4. The number of urea groups is 1. The van der Waals surface area contributed by atoms with Crippen molar-refractivity contribution in [1.29, 1.82) is 0 Å². The molecule has 0 aliphatic carbocycles. The maximum absolute atomic E-state index is 13.3. The van der Waals surface area contributed by atoms with Gasteiger partial charge in [0, 0.05) is 5.70 Å². The van der Waals surface area contributed by atoms with Gasteiger partial charge in [0.1, 0.15) is 0 Å². The molecule has 0 spiro atoms. The predicted molar refractivity (Wildman–Crippen MR) is 127 cm³/mol. The number of halogens is 2. The molecule has 0 aromatic heterocycles. The Morgan fingerprint density at radius 3 is 2.34 bits per heavy atom. The summed E-state index contributed by atoms with van der Waals surface area (Å²) in [5.41, 5.74) is 1.20. The maximum Gasteiger partial charge on any atom is 0.343 e. The molecule has 3 N–H and O–H groups in total. The van der Waals surface area contributed by atoms with Crippen molar-refractivity contribution >= 4 is 52.8 Å². The van der Waals surface area contributed by atoms with Gasteiger partial charge < -0.3 is 30.2 Å². The largest absolute Gasteiger partial charge is 0.479 e. The third-order valence-corrected chi connectivity index (χ3v) is 5.57. The normalized spacial score (nSPS) is 15.0. The van der Waals surface area contributed by atoms with E-state index in [0.29, 0.717) is 5.56 Å². The Kier molecular flexibility index (Phi) is 8.21. The molecule has 3 amide bonds. The number of ether oxygens (including phenoxy) is 3. The Morgan fingerprint density at radius 2 is 1.71 bits per heavy atom. The Labute approximate surface area is 210 Å². The fourth-order valence-electron chi connectivity index (χ4n) is 3.39. The van der Waals surface area contributed by atoms with E-state index in [9.17, 15) is 19.2 Å². The number of hydrogen-bond donors (Lipinski definition) is 3. The lowest BCUT2D eigenvalue weighted by Gasteiger charge is -2.29. The second kappa shape index (κ2) is 11.1.